The molecule has 1 aromatic carbocycles. The van der Waals surface area contributed by atoms with Crippen LogP contribution in [0.2, 0.25) is 0 Å². The number of carbonyl (C=O) groups is 1. The van der Waals surface area contributed by atoms with Gasteiger partial charge in [0.15, 0.2) is 0 Å². The van der Waals surface area contributed by atoms with Gasteiger partial charge >= 0.3 is 5.97 Å². The second kappa shape index (κ2) is 4.05. The normalized spacial score (nSPS) is 10.5. The van der Waals surface area contributed by atoms with Crippen LogP contribution in [0.4, 0.5) is 4.39 Å². The molecule has 0 saturated carbocycles. The molecule has 0 bridgehead atoms. The molecule has 0 amide bonds. The molecule has 0 saturated heterocycles. The molecular formula is C13H12FNO2. The average molecular weight is 233 g/mol. The molecule has 0 fully saturated rings. The van der Waals surface area contributed by atoms with Crippen molar-refractivity contribution in [2.24, 2.45) is 0 Å². The van der Waals surface area contributed by atoms with Crippen molar-refractivity contribution in [2.45, 2.75) is 13.8 Å². The maximum atomic E-state index is 13.8. The van der Waals surface area contributed by atoms with Gasteiger partial charge in [-0.05, 0) is 38.1 Å². The fraction of sp³-hybridized carbons (Fsp3) is 0.154. The van der Waals surface area contributed by atoms with Crippen LogP contribution < -0.4 is 0 Å². The number of benzene rings is 1. The smallest absolute Gasteiger partial charge is 0.337 e. The quantitative estimate of drug-likeness (QED) is 0.866. The van der Waals surface area contributed by atoms with Gasteiger partial charge in [-0.3, -0.25) is 0 Å². The second-order valence-corrected chi connectivity index (χ2v) is 3.89. The summed E-state index contributed by atoms with van der Waals surface area (Å²) in [6.07, 6.45) is 0. The summed E-state index contributed by atoms with van der Waals surface area (Å²) in [6.45, 7) is 3.62. The van der Waals surface area contributed by atoms with Crippen molar-refractivity contribution in [1.29, 1.82) is 0 Å². The maximum Gasteiger partial charge on any atom is 0.337 e. The first-order chi connectivity index (χ1) is 8.02. The molecule has 1 aromatic heterocycles. The molecule has 1 heterocycles. The van der Waals surface area contributed by atoms with Crippen LogP contribution in [0.25, 0.3) is 5.69 Å². The number of hydrogen-bond acceptors (Lipinski definition) is 1. The molecule has 0 aliphatic carbocycles. The van der Waals surface area contributed by atoms with Crippen molar-refractivity contribution in [2.75, 3.05) is 0 Å². The van der Waals surface area contributed by atoms with Crippen LogP contribution in [0.15, 0.2) is 30.3 Å². The number of rotatable bonds is 2. The summed E-state index contributed by atoms with van der Waals surface area (Å²) >= 11 is 0. The van der Waals surface area contributed by atoms with Gasteiger partial charge < -0.3 is 9.67 Å². The fourth-order valence-corrected chi connectivity index (χ4v) is 1.94. The summed E-state index contributed by atoms with van der Waals surface area (Å²) < 4.78 is 15.5. The van der Waals surface area contributed by atoms with Gasteiger partial charge in [0.05, 0.1) is 11.3 Å². The maximum absolute atomic E-state index is 13.8. The van der Waals surface area contributed by atoms with Crippen molar-refractivity contribution >= 4 is 5.97 Å². The van der Waals surface area contributed by atoms with Crippen LogP contribution in [0.5, 0.6) is 0 Å². The van der Waals surface area contributed by atoms with Crippen molar-refractivity contribution < 1.29 is 14.3 Å². The highest BCUT2D eigenvalue weighted by Gasteiger charge is 2.17. The Morgan fingerprint density at radius 1 is 1.18 bits per heavy atom. The van der Waals surface area contributed by atoms with Crippen molar-refractivity contribution in [3.8, 4) is 5.69 Å². The van der Waals surface area contributed by atoms with Crippen LogP contribution in [0.1, 0.15) is 21.7 Å². The number of hydrogen-bond donors (Lipinski definition) is 1. The van der Waals surface area contributed by atoms with Gasteiger partial charge in [-0.1, -0.05) is 6.07 Å². The van der Waals surface area contributed by atoms with Gasteiger partial charge in [-0.25, -0.2) is 9.18 Å². The van der Waals surface area contributed by atoms with Gasteiger partial charge in [0, 0.05) is 11.4 Å². The van der Waals surface area contributed by atoms with E-state index in [1.807, 2.05) is 26.0 Å². The number of halogens is 1. The minimum atomic E-state index is -1.13. The van der Waals surface area contributed by atoms with E-state index in [0.29, 0.717) is 0 Å². The fourth-order valence-electron chi connectivity index (χ4n) is 1.94. The number of carboxylic acid groups (broad SMARTS) is 1. The highest BCUT2D eigenvalue weighted by molar-refractivity contribution is 5.92. The number of aryl methyl sites for hydroxylation is 2. The Labute approximate surface area is 98.1 Å². The van der Waals surface area contributed by atoms with E-state index in [4.69, 9.17) is 5.11 Å². The highest BCUT2D eigenvalue weighted by atomic mass is 19.1. The summed E-state index contributed by atoms with van der Waals surface area (Å²) in [6, 6.07) is 7.72. The zero-order valence-corrected chi connectivity index (χ0v) is 9.57. The summed E-state index contributed by atoms with van der Waals surface area (Å²) in [5.41, 5.74) is 1.66. The Balaban J connectivity index is 2.79. The molecule has 0 aliphatic rings. The molecule has 1 N–H and O–H groups in total. The van der Waals surface area contributed by atoms with Gasteiger partial charge in [0.25, 0.3) is 0 Å². The van der Waals surface area contributed by atoms with E-state index in [2.05, 4.69) is 0 Å². The number of nitrogens with zero attached hydrogens (tertiary/aromatic N) is 1. The molecule has 0 unspecified atom stereocenters. The van der Waals surface area contributed by atoms with Crippen LogP contribution >= 0.6 is 0 Å². The molecule has 17 heavy (non-hydrogen) atoms. The van der Waals surface area contributed by atoms with Gasteiger partial charge in [0.2, 0.25) is 0 Å². The van der Waals surface area contributed by atoms with Gasteiger partial charge in [-0.2, -0.15) is 0 Å². The van der Waals surface area contributed by atoms with Crippen LogP contribution in [-0.4, -0.2) is 15.6 Å². The minimum absolute atomic E-state index is 0.0348. The Kier molecular flexibility index (Phi) is 2.71. The Morgan fingerprint density at radius 2 is 1.76 bits per heavy atom. The highest BCUT2D eigenvalue weighted by Crippen LogP contribution is 2.23. The number of para-hydroxylation sites is 1. The number of carboxylic acids is 1. The zero-order chi connectivity index (χ0) is 12.6. The largest absolute Gasteiger partial charge is 0.478 e. The van der Waals surface area contributed by atoms with E-state index in [1.165, 1.54) is 18.2 Å². The molecular weight excluding hydrogens is 221 g/mol. The Bertz CT molecular complexity index is 568. The predicted molar refractivity (Wildman–Crippen MR) is 62.2 cm³/mol. The van der Waals surface area contributed by atoms with E-state index in [9.17, 15) is 9.18 Å². The first kappa shape index (κ1) is 11.4. The van der Waals surface area contributed by atoms with E-state index in [-0.39, 0.29) is 11.3 Å². The Morgan fingerprint density at radius 3 is 2.29 bits per heavy atom. The average Bonchev–Trinajstić information content (AvgIpc) is 2.59. The third kappa shape index (κ3) is 1.82. The zero-order valence-electron chi connectivity index (χ0n) is 9.57. The van der Waals surface area contributed by atoms with Gasteiger partial charge in [-0.15, -0.1) is 0 Å². The molecule has 88 valence electrons. The SMILES string of the molecule is Cc1ccc(C)n1-c1c(F)cccc1C(=O)O. The molecule has 3 nitrogen and oxygen atoms in total. The van der Waals surface area contributed by atoms with Crippen LogP contribution in [-0.2, 0) is 0 Å². The second-order valence-electron chi connectivity index (χ2n) is 3.89. The first-order valence-corrected chi connectivity index (χ1v) is 5.19. The third-order valence-electron chi connectivity index (χ3n) is 2.71. The lowest BCUT2D eigenvalue weighted by atomic mass is 10.1. The third-order valence-corrected chi connectivity index (χ3v) is 2.71. The first-order valence-electron chi connectivity index (χ1n) is 5.19. The minimum Gasteiger partial charge on any atom is -0.478 e. The van der Waals surface area contributed by atoms with Gasteiger partial charge in [0.1, 0.15) is 5.82 Å². The standard InChI is InChI=1S/C13H12FNO2/c1-8-6-7-9(2)15(8)12-10(13(16)17)4-3-5-11(12)14/h3-7H,1-2H3,(H,16,17). The van der Waals surface area contributed by atoms with Crippen LogP contribution in [0.3, 0.4) is 0 Å². The van der Waals surface area contributed by atoms with Crippen molar-refractivity contribution in [1.82, 2.24) is 4.57 Å². The molecule has 4 heteroatoms. The van der Waals surface area contributed by atoms with E-state index >= 15 is 0 Å². The molecule has 0 radical (unpaired) electrons. The monoisotopic (exact) mass is 233 g/mol. The molecule has 0 atom stereocenters. The summed E-state index contributed by atoms with van der Waals surface area (Å²) in [4.78, 5) is 11.1. The van der Waals surface area contributed by atoms with E-state index in [1.54, 1.807) is 4.57 Å². The molecule has 0 spiro atoms. The van der Waals surface area contributed by atoms with E-state index < -0.39 is 11.8 Å². The lowest BCUT2D eigenvalue weighted by Gasteiger charge is -2.13. The lowest BCUT2D eigenvalue weighted by Crippen LogP contribution is -2.10. The summed E-state index contributed by atoms with van der Waals surface area (Å²) in [5, 5.41) is 9.09. The molecule has 2 rings (SSSR count). The predicted octanol–water partition coefficient (Wildman–Crippen LogP) is 2.93. The summed E-state index contributed by atoms with van der Waals surface area (Å²) in [5.74, 6) is -1.67. The topological polar surface area (TPSA) is 42.2 Å². The summed E-state index contributed by atoms with van der Waals surface area (Å²) in [7, 11) is 0. The number of aromatic nitrogens is 1. The number of aromatic carboxylic acids is 1. The van der Waals surface area contributed by atoms with E-state index in [0.717, 1.165) is 11.4 Å². The molecule has 0 aliphatic heterocycles. The van der Waals surface area contributed by atoms with Crippen molar-refractivity contribution in [3.05, 3.63) is 53.1 Å². The lowest BCUT2D eigenvalue weighted by molar-refractivity contribution is 0.0696. The Hall–Kier alpha value is -2.10. The van der Waals surface area contributed by atoms with Crippen LogP contribution in [0, 0.1) is 19.7 Å². The van der Waals surface area contributed by atoms with Crippen molar-refractivity contribution in [3.63, 3.8) is 0 Å². The molecule has 2 aromatic rings.